The average Bonchev–Trinajstić information content (AvgIpc) is 3.07. The molecule has 3 heterocycles. The lowest BCUT2D eigenvalue weighted by Crippen LogP contribution is -2.44. The van der Waals surface area contributed by atoms with E-state index in [1.807, 2.05) is 11.8 Å². The number of anilines is 1. The summed E-state index contributed by atoms with van der Waals surface area (Å²) in [6.45, 7) is 3.58. The smallest absolute Gasteiger partial charge is 0.319 e. The molecule has 0 radical (unpaired) electrons. The number of urea groups is 1. The number of hydrogen-bond acceptors (Lipinski definition) is 5. The van der Waals surface area contributed by atoms with Crippen molar-refractivity contribution in [2.45, 2.75) is 32.1 Å². The quantitative estimate of drug-likeness (QED) is 0.865. The largest absolute Gasteiger partial charge is 0.481 e. The van der Waals surface area contributed by atoms with Crippen molar-refractivity contribution < 1.29 is 14.7 Å². The van der Waals surface area contributed by atoms with Crippen LogP contribution in [0.25, 0.3) is 0 Å². The normalized spacial score (nSPS) is 27.4. The molecule has 1 saturated carbocycles. The molecule has 0 bridgehead atoms. The summed E-state index contributed by atoms with van der Waals surface area (Å²) in [6, 6.07) is 1.92. The number of likely N-dealkylation sites (tertiary alicyclic amines) is 1. The predicted molar refractivity (Wildman–Crippen MR) is 99.8 cm³/mol. The number of aromatic nitrogens is 2. The first kappa shape index (κ1) is 18.0. The van der Waals surface area contributed by atoms with Crippen LogP contribution >= 0.6 is 0 Å². The third-order valence-corrected chi connectivity index (χ3v) is 6.36. The number of carboxylic acids is 1. The fourth-order valence-electron chi connectivity index (χ4n) is 4.58. The Morgan fingerprint density at radius 2 is 1.96 bits per heavy atom. The van der Waals surface area contributed by atoms with E-state index in [4.69, 9.17) is 4.98 Å². The van der Waals surface area contributed by atoms with Gasteiger partial charge in [-0.1, -0.05) is 6.42 Å². The monoisotopic (exact) mass is 373 g/mol. The summed E-state index contributed by atoms with van der Waals surface area (Å²) in [4.78, 5) is 39.0. The second-order valence-corrected chi connectivity index (χ2v) is 8.46. The number of fused-ring (bicyclic) bond motifs is 1. The van der Waals surface area contributed by atoms with E-state index in [1.165, 1.54) is 24.2 Å². The van der Waals surface area contributed by atoms with E-state index in [-0.39, 0.29) is 18.5 Å². The van der Waals surface area contributed by atoms with Gasteiger partial charge in [-0.2, -0.15) is 0 Å². The number of carbonyl (C=O) groups is 2. The summed E-state index contributed by atoms with van der Waals surface area (Å²) in [5, 5.41) is 10.0. The lowest BCUT2D eigenvalue weighted by molar-refractivity contribution is -0.148. The number of amides is 2. The standard InChI is InChI=1S/C19H27N5O3/c1-12-7-15(13-5-4-6-13)21-17(20-12)23-8-14-9-24(18(27)22(2)3)11-19(14,10-23)16(25)26/h7,13-14H,4-6,8-11H2,1-3H3,(H,25,26)/t14-,19-/m0/s1. The van der Waals surface area contributed by atoms with Crippen LogP contribution in [0, 0.1) is 18.3 Å². The molecule has 3 fully saturated rings. The topological polar surface area (TPSA) is 89.9 Å². The Hall–Kier alpha value is -2.38. The van der Waals surface area contributed by atoms with E-state index in [0.717, 1.165) is 11.4 Å². The minimum Gasteiger partial charge on any atom is -0.481 e. The zero-order valence-electron chi connectivity index (χ0n) is 16.2. The Balaban J connectivity index is 1.58. The number of rotatable bonds is 3. The molecular weight excluding hydrogens is 346 g/mol. The Kier molecular flexibility index (Phi) is 4.24. The maximum atomic E-state index is 12.3. The first-order chi connectivity index (χ1) is 12.8. The van der Waals surface area contributed by atoms with Gasteiger partial charge in [0.25, 0.3) is 0 Å². The fourth-order valence-corrected chi connectivity index (χ4v) is 4.58. The molecule has 146 valence electrons. The van der Waals surface area contributed by atoms with Crippen LogP contribution < -0.4 is 4.90 Å². The van der Waals surface area contributed by atoms with Gasteiger partial charge in [0, 0.05) is 63.5 Å². The van der Waals surface area contributed by atoms with Gasteiger partial charge in [0.15, 0.2) is 0 Å². The van der Waals surface area contributed by atoms with Gasteiger partial charge in [0.1, 0.15) is 5.41 Å². The van der Waals surface area contributed by atoms with E-state index in [0.29, 0.717) is 31.5 Å². The number of carbonyl (C=O) groups excluding carboxylic acids is 1. The first-order valence-electron chi connectivity index (χ1n) is 9.60. The van der Waals surface area contributed by atoms with Crippen LogP contribution in [0.3, 0.4) is 0 Å². The molecular formula is C19H27N5O3. The maximum absolute atomic E-state index is 12.3. The molecule has 1 aromatic heterocycles. The zero-order chi connectivity index (χ0) is 19.3. The molecule has 8 nitrogen and oxygen atoms in total. The van der Waals surface area contributed by atoms with Crippen molar-refractivity contribution in [1.29, 1.82) is 0 Å². The van der Waals surface area contributed by atoms with Crippen molar-refractivity contribution in [3.63, 3.8) is 0 Å². The molecule has 4 rings (SSSR count). The van der Waals surface area contributed by atoms with Crippen LogP contribution in [0.1, 0.15) is 36.6 Å². The van der Waals surface area contributed by atoms with Gasteiger partial charge in [-0.25, -0.2) is 14.8 Å². The molecule has 2 amide bonds. The second-order valence-electron chi connectivity index (χ2n) is 8.46. The second kappa shape index (κ2) is 6.35. The van der Waals surface area contributed by atoms with Crippen LogP contribution in [0.4, 0.5) is 10.7 Å². The minimum absolute atomic E-state index is 0.116. The molecule has 8 heteroatoms. The van der Waals surface area contributed by atoms with Gasteiger partial charge >= 0.3 is 12.0 Å². The highest BCUT2D eigenvalue weighted by Gasteiger charge is 2.59. The van der Waals surface area contributed by atoms with Crippen LogP contribution in [0.2, 0.25) is 0 Å². The first-order valence-corrected chi connectivity index (χ1v) is 9.60. The van der Waals surface area contributed by atoms with Gasteiger partial charge in [-0.3, -0.25) is 4.79 Å². The molecule has 2 atom stereocenters. The van der Waals surface area contributed by atoms with Gasteiger partial charge in [0.2, 0.25) is 5.95 Å². The van der Waals surface area contributed by atoms with Crippen LogP contribution in [0.5, 0.6) is 0 Å². The molecule has 27 heavy (non-hydrogen) atoms. The van der Waals surface area contributed by atoms with E-state index in [9.17, 15) is 14.7 Å². The third kappa shape index (κ3) is 2.91. The summed E-state index contributed by atoms with van der Waals surface area (Å²) in [7, 11) is 3.39. The fraction of sp³-hybridized carbons (Fsp3) is 0.684. The zero-order valence-corrected chi connectivity index (χ0v) is 16.2. The molecule has 0 aromatic carbocycles. The predicted octanol–water partition coefficient (Wildman–Crippen LogP) is 1.56. The summed E-state index contributed by atoms with van der Waals surface area (Å²) in [5.74, 6) is 0.192. The summed E-state index contributed by atoms with van der Waals surface area (Å²) < 4.78 is 0. The molecule has 0 spiro atoms. The van der Waals surface area contributed by atoms with E-state index in [2.05, 4.69) is 11.1 Å². The van der Waals surface area contributed by atoms with Gasteiger partial charge in [-0.15, -0.1) is 0 Å². The average molecular weight is 373 g/mol. The van der Waals surface area contributed by atoms with Crippen molar-refractivity contribution in [3.8, 4) is 0 Å². The Bertz CT molecular complexity index is 779. The van der Waals surface area contributed by atoms with Gasteiger partial charge in [0.05, 0.1) is 0 Å². The van der Waals surface area contributed by atoms with Crippen molar-refractivity contribution in [2.24, 2.45) is 11.3 Å². The molecule has 1 aliphatic carbocycles. The van der Waals surface area contributed by atoms with Crippen molar-refractivity contribution in [2.75, 3.05) is 45.2 Å². The van der Waals surface area contributed by atoms with Crippen molar-refractivity contribution >= 4 is 17.9 Å². The molecule has 2 aliphatic heterocycles. The highest BCUT2D eigenvalue weighted by atomic mass is 16.4. The molecule has 3 aliphatic rings. The minimum atomic E-state index is -0.949. The molecule has 1 N–H and O–H groups in total. The van der Waals surface area contributed by atoms with Crippen LogP contribution in [-0.4, -0.2) is 77.1 Å². The van der Waals surface area contributed by atoms with Crippen LogP contribution in [-0.2, 0) is 4.79 Å². The molecule has 0 unspecified atom stereocenters. The Morgan fingerprint density at radius 3 is 2.52 bits per heavy atom. The number of nitrogens with zero attached hydrogens (tertiary/aromatic N) is 5. The Morgan fingerprint density at radius 1 is 1.22 bits per heavy atom. The van der Waals surface area contributed by atoms with Crippen molar-refractivity contribution in [1.82, 2.24) is 19.8 Å². The number of aryl methyl sites for hydroxylation is 1. The van der Waals surface area contributed by atoms with Crippen LogP contribution in [0.15, 0.2) is 6.07 Å². The van der Waals surface area contributed by atoms with Gasteiger partial charge in [-0.05, 0) is 25.8 Å². The molecule has 1 aromatic rings. The maximum Gasteiger partial charge on any atom is 0.319 e. The Labute approximate surface area is 159 Å². The van der Waals surface area contributed by atoms with Crippen molar-refractivity contribution in [3.05, 3.63) is 17.5 Å². The van der Waals surface area contributed by atoms with E-state index in [1.54, 1.807) is 19.0 Å². The third-order valence-electron chi connectivity index (χ3n) is 6.36. The highest BCUT2D eigenvalue weighted by Crippen LogP contribution is 2.44. The molecule has 2 saturated heterocycles. The lowest BCUT2D eigenvalue weighted by Gasteiger charge is -2.28. The summed E-state index contributed by atoms with van der Waals surface area (Å²) in [6.07, 6.45) is 3.57. The summed E-state index contributed by atoms with van der Waals surface area (Å²) in [5.41, 5.74) is 1.05. The number of hydrogen-bond donors (Lipinski definition) is 1. The highest BCUT2D eigenvalue weighted by molar-refractivity contribution is 5.81. The van der Waals surface area contributed by atoms with E-state index >= 15 is 0 Å². The SMILES string of the molecule is Cc1cc(C2CCC2)nc(N2C[C@H]3CN(C(=O)N(C)C)C[C@@]3(C(=O)O)C2)n1. The summed E-state index contributed by atoms with van der Waals surface area (Å²) >= 11 is 0. The number of aliphatic carboxylic acids is 1. The van der Waals surface area contributed by atoms with E-state index < -0.39 is 11.4 Å². The number of carboxylic acid groups (broad SMARTS) is 1. The lowest BCUT2D eigenvalue weighted by atomic mass is 9.81. The van der Waals surface area contributed by atoms with Gasteiger partial charge < -0.3 is 19.8 Å².